The Morgan fingerprint density at radius 3 is 2.54 bits per heavy atom. The van der Waals surface area contributed by atoms with E-state index < -0.39 is 0 Å². The van der Waals surface area contributed by atoms with Crippen molar-refractivity contribution in [3.63, 3.8) is 0 Å². The third kappa shape index (κ3) is 4.57. The highest BCUT2D eigenvalue weighted by Gasteiger charge is 2.34. The molecule has 3 rings (SSSR count). The van der Waals surface area contributed by atoms with Gasteiger partial charge in [0.1, 0.15) is 0 Å². The summed E-state index contributed by atoms with van der Waals surface area (Å²) in [6.07, 6.45) is 3.93. The highest BCUT2D eigenvalue weighted by molar-refractivity contribution is 7.12. The van der Waals surface area contributed by atoms with E-state index in [1.807, 2.05) is 5.38 Å². The Balaban J connectivity index is 0.00000243. The molecule has 1 heterocycles. The molecule has 0 atom stereocenters. The Bertz CT molecular complexity index is 775. The Hall–Kier alpha value is -1.60. The summed E-state index contributed by atoms with van der Waals surface area (Å²) in [6, 6.07) is 8.40. The summed E-state index contributed by atoms with van der Waals surface area (Å²) in [5, 5.41) is 8.04. The second kappa shape index (κ2) is 8.86. The van der Waals surface area contributed by atoms with E-state index >= 15 is 0 Å². The van der Waals surface area contributed by atoms with E-state index in [1.54, 1.807) is 30.3 Å². The molecule has 1 aliphatic carbocycles. The van der Waals surface area contributed by atoms with Crippen molar-refractivity contribution in [1.82, 2.24) is 5.32 Å². The lowest BCUT2D eigenvalue weighted by Crippen LogP contribution is -2.51. The summed E-state index contributed by atoms with van der Waals surface area (Å²) in [7, 11) is 0. The smallest absolute Gasteiger partial charge is 0.265 e. The van der Waals surface area contributed by atoms with E-state index in [9.17, 15) is 9.59 Å². The molecule has 1 aromatic carbocycles. The molecule has 2 aromatic rings. The molecule has 1 fully saturated rings. The van der Waals surface area contributed by atoms with Crippen molar-refractivity contribution in [2.45, 2.75) is 31.2 Å². The zero-order valence-corrected chi connectivity index (χ0v) is 16.5. The molecular weight excluding hydrogens is 393 g/mol. The third-order valence-electron chi connectivity index (χ3n) is 4.55. The number of nitrogens with one attached hydrogen (secondary N) is 2. The van der Waals surface area contributed by atoms with Crippen molar-refractivity contribution in [3.8, 4) is 0 Å². The normalized spacial score (nSPS) is 15.2. The molecule has 5 nitrogen and oxygen atoms in total. The molecule has 26 heavy (non-hydrogen) atoms. The Kier molecular flexibility index (Phi) is 7.06. The minimum absolute atomic E-state index is 0. The van der Waals surface area contributed by atoms with Crippen molar-refractivity contribution in [3.05, 3.63) is 51.2 Å². The van der Waals surface area contributed by atoms with Gasteiger partial charge in [-0.3, -0.25) is 9.59 Å². The summed E-state index contributed by atoms with van der Waals surface area (Å²) in [5.74, 6) is -0.445. The van der Waals surface area contributed by atoms with Crippen molar-refractivity contribution in [1.29, 1.82) is 0 Å². The first kappa shape index (κ1) is 20.7. The fourth-order valence-corrected chi connectivity index (χ4v) is 3.88. The average molecular weight is 414 g/mol. The monoisotopic (exact) mass is 413 g/mol. The van der Waals surface area contributed by atoms with Crippen molar-refractivity contribution >= 4 is 52.8 Å². The van der Waals surface area contributed by atoms with Gasteiger partial charge in [-0.15, -0.1) is 23.7 Å². The van der Waals surface area contributed by atoms with Crippen LogP contribution in [0.5, 0.6) is 0 Å². The van der Waals surface area contributed by atoms with Crippen LogP contribution in [0, 0.1) is 0 Å². The lowest BCUT2D eigenvalue weighted by atomic mass is 9.97. The molecule has 0 saturated heterocycles. The van der Waals surface area contributed by atoms with Gasteiger partial charge in [0.15, 0.2) is 0 Å². The molecule has 0 radical (unpaired) electrons. The molecule has 0 aliphatic heterocycles. The van der Waals surface area contributed by atoms with Crippen molar-refractivity contribution in [2.75, 3.05) is 11.9 Å². The minimum atomic E-state index is -0.322. The molecule has 140 valence electrons. The standard InChI is InChI=1S/C18H20ClN3O2S.ClH/c19-13-6-5-12(16(23)22-18(11-20)7-1-2-8-18)10-14(13)21-17(24)15-4-3-9-25-15;/h3-6,9-10H,1-2,7-8,11,20H2,(H,21,24)(H,22,23);1H. The second-order valence-corrected chi connectivity index (χ2v) is 7.63. The first-order valence-corrected chi connectivity index (χ1v) is 9.46. The van der Waals surface area contributed by atoms with Crippen LogP contribution in [-0.4, -0.2) is 23.9 Å². The number of thiophene rings is 1. The van der Waals surface area contributed by atoms with Gasteiger partial charge < -0.3 is 16.4 Å². The molecule has 4 N–H and O–H groups in total. The summed E-state index contributed by atoms with van der Waals surface area (Å²) >= 11 is 7.51. The second-order valence-electron chi connectivity index (χ2n) is 6.27. The van der Waals surface area contributed by atoms with Crippen LogP contribution in [0.3, 0.4) is 0 Å². The van der Waals surface area contributed by atoms with Crippen molar-refractivity contribution in [2.24, 2.45) is 5.73 Å². The fraction of sp³-hybridized carbons (Fsp3) is 0.333. The predicted molar refractivity (Wildman–Crippen MR) is 109 cm³/mol. The van der Waals surface area contributed by atoms with Gasteiger partial charge in [-0.1, -0.05) is 30.5 Å². The molecule has 0 spiro atoms. The van der Waals surface area contributed by atoms with Crippen LogP contribution in [-0.2, 0) is 0 Å². The van der Waals surface area contributed by atoms with Crippen LogP contribution in [0.25, 0.3) is 0 Å². The SMILES string of the molecule is Cl.NCC1(NC(=O)c2ccc(Cl)c(NC(=O)c3cccs3)c2)CCCC1. The Morgan fingerprint density at radius 1 is 1.19 bits per heavy atom. The number of carbonyl (C=O) groups excluding carboxylic acids is 2. The first-order valence-electron chi connectivity index (χ1n) is 8.20. The van der Waals surface area contributed by atoms with E-state index in [-0.39, 0.29) is 29.8 Å². The quantitative estimate of drug-likeness (QED) is 0.690. The van der Waals surface area contributed by atoms with Gasteiger partial charge in [0.25, 0.3) is 11.8 Å². The molecular formula is C18H21Cl2N3O2S. The molecule has 1 saturated carbocycles. The molecule has 2 amide bonds. The van der Waals surface area contributed by atoms with Crippen LogP contribution >= 0.6 is 35.3 Å². The number of benzene rings is 1. The number of hydrogen-bond acceptors (Lipinski definition) is 4. The van der Waals surface area contributed by atoms with Gasteiger partial charge in [0.05, 0.1) is 21.1 Å². The maximum atomic E-state index is 12.6. The average Bonchev–Trinajstić information content (AvgIpc) is 3.29. The summed E-state index contributed by atoms with van der Waals surface area (Å²) in [4.78, 5) is 25.4. The fourth-order valence-electron chi connectivity index (χ4n) is 3.10. The molecule has 1 aliphatic rings. The van der Waals surface area contributed by atoms with Gasteiger partial charge in [0, 0.05) is 12.1 Å². The molecule has 0 unspecified atom stereocenters. The van der Waals surface area contributed by atoms with Gasteiger partial charge in [-0.25, -0.2) is 0 Å². The van der Waals surface area contributed by atoms with Crippen LogP contribution in [0.15, 0.2) is 35.7 Å². The number of rotatable bonds is 5. The number of amides is 2. The Labute approximate surface area is 167 Å². The maximum Gasteiger partial charge on any atom is 0.265 e. The molecule has 8 heteroatoms. The van der Waals surface area contributed by atoms with Crippen LogP contribution in [0.2, 0.25) is 5.02 Å². The lowest BCUT2D eigenvalue weighted by Gasteiger charge is -2.28. The van der Waals surface area contributed by atoms with E-state index in [1.165, 1.54) is 11.3 Å². The Morgan fingerprint density at radius 2 is 1.92 bits per heavy atom. The van der Waals surface area contributed by atoms with Gasteiger partial charge in [-0.2, -0.15) is 0 Å². The number of carbonyl (C=O) groups is 2. The highest BCUT2D eigenvalue weighted by atomic mass is 35.5. The maximum absolute atomic E-state index is 12.6. The van der Waals surface area contributed by atoms with E-state index in [0.29, 0.717) is 27.7 Å². The van der Waals surface area contributed by atoms with Gasteiger partial charge >= 0.3 is 0 Å². The first-order chi connectivity index (χ1) is 12.0. The predicted octanol–water partition coefficient (Wildman–Crippen LogP) is 4.08. The number of halogens is 2. The number of hydrogen-bond donors (Lipinski definition) is 3. The van der Waals surface area contributed by atoms with Crippen LogP contribution in [0.1, 0.15) is 45.7 Å². The molecule has 0 bridgehead atoms. The number of nitrogens with two attached hydrogens (primary N) is 1. The molecule has 1 aromatic heterocycles. The lowest BCUT2D eigenvalue weighted by molar-refractivity contribution is 0.0902. The minimum Gasteiger partial charge on any atom is -0.345 e. The van der Waals surface area contributed by atoms with Crippen LogP contribution in [0.4, 0.5) is 5.69 Å². The van der Waals surface area contributed by atoms with Crippen LogP contribution < -0.4 is 16.4 Å². The third-order valence-corrected chi connectivity index (χ3v) is 5.75. The van der Waals surface area contributed by atoms with Crippen molar-refractivity contribution < 1.29 is 9.59 Å². The van der Waals surface area contributed by atoms with Gasteiger partial charge in [-0.05, 0) is 42.5 Å². The summed E-state index contributed by atoms with van der Waals surface area (Å²) in [6.45, 7) is 0.425. The largest absolute Gasteiger partial charge is 0.345 e. The van der Waals surface area contributed by atoms with E-state index in [0.717, 1.165) is 25.7 Å². The van der Waals surface area contributed by atoms with Gasteiger partial charge in [0.2, 0.25) is 0 Å². The highest BCUT2D eigenvalue weighted by Crippen LogP contribution is 2.30. The zero-order valence-electron chi connectivity index (χ0n) is 14.1. The number of anilines is 1. The zero-order chi connectivity index (χ0) is 17.9. The summed E-state index contributed by atoms with van der Waals surface area (Å²) < 4.78 is 0. The van der Waals surface area contributed by atoms with E-state index in [4.69, 9.17) is 17.3 Å². The summed E-state index contributed by atoms with van der Waals surface area (Å²) in [5.41, 5.74) is 6.42. The van der Waals surface area contributed by atoms with E-state index in [2.05, 4.69) is 10.6 Å². The topological polar surface area (TPSA) is 84.2 Å².